The fraction of sp³-hybridized carbons (Fsp3) is 0.280. The highest BCUT2D eigenvalue weighted by Crippen LogP contribution is 2.44. The molecule has 2 unspecified atom stereocenters. The Balaban J connectivity index is 1.78. The zero-order chi connectivity index (χ0) is 24.5. The third kappa shape index (κ3) is 5.09. The average Bonchev–Trinajstić information content (AvgIpc) is 2.78. The number of phenols is 1. The lowest BCUT2D eigenvalue weighted by Crippen LogP contribution is -2.44. The van der Waals surface area contributed by atoms with Gasteiger partial charge in [-0.25, -0.2) is 0 Å². The molecule has 2 atom stereocenters. The molecule has 4 rings (SSSR count). The van der Waals surface area contributed by atoms with Crippen LogP contribution in [0.2, 0.25) is 0 Å². The lowest BCUT2D eigenvalue weighted by molar-refractivity contribution is -0.200. The molecular formula is C25H22F5NO3. The monoisotopic (exact) mass is 479 g/mol. The Kier molecular flexibility index (Phi) is 6.65. The van der Waals surface area contributed by atoms with Crippen molar-refractivity contribution in [1.29, 1.82) is 0 Å². The molecule has 0 aromatic heterocycles. The van der Waals surface area contributed by atoms with E-state index in [2.05, 4.69) is 4.74 Å². The van der Waals surface area contributed by atoms with Gasteiger partial charge >= 0.3 is 12.8 Å². The Morgan fingerprint density at radius 2 is 1.74 bits per heavy atom. The van der Waals surface area contributed by atoms with Gasteiger partial charge in [-0.05, 0) is 65.4 Å². The molecule has 0 aliphatic carbocycles. The molecule has 0 spiro atoms. The van der Waals surface area contributed by atoms with E-state index in [0.29, 0.717) is 29.7 Å². The number of rotatable bonds is 6. The van der Waals surface area contributed by atoms with E-state index in [9.17, 15) is 32.2 Å². The lowest BCUT2D eigenvalue weighted by Gasteiger charge is -2.41. The molecule has 4 nitrogen and oxygen atoms in total. The Morgan fingerprint density at radius 3 is 2.44 bits per heavy atom. The van der Waals surface area contributed by atoms with Crippen LogP contribution in [0.25, 0.3) is 11.1 Å². The van der Waals surface area contributed by atoms with E-state index in [4.69, 9.17) is 0 Å². The number of phenolic OH excluding ortho intramolecular Hbond substituents is 1. The predicted molar refractivity (Wildman–Crippen MR) is 117 cm³/mol. The molecule has 0 amide bonds. The summed E-state index contributed by atoms with van der Waals surface area (Å²) in [6, 6.07) is 17.0. The van der Waals surface area contributed by atoms with Gasteiger partial charge in [0.25, 0.3) is 0 Å². The molecule has 3 aromatic carbocycles. The molecule has 0 saturated heterocycles. The van der Waals surface area contributed by atoms with Crippen molar-refractivity contribution in [2.24, 2.45) is 0 Å². The summed E-state index contributed by atoms with van der Waals surface area (Å²) in [7, 11) is 0. The van der Waals surface area contributed by atoms with Crippen LogP contribution in [0, 0.1) is 0 Å². The number of alkyl halides is 5. The second-order valence-electron chi connectivity index (χ2n) is 8.07. The molecule has 9 heteroatoms. The minimum atomic E-state index is -4.83. The van der Waals surface area contributed by atoms with Gasteiger partial charge in [-0.15, -0.1) is 0 Å². The van der Waals surface area contributed by atoms with E-state index in [-0.39, 0.29) is 11.5 Å². The smallest absolute Gasteiger partial charge is 0.416 e. The first-order valence-corrected chi connectivity index (χ1v) is 10.6. The van der Waals surface area contributed by atoms with E-state index in [1.165, 1.54) is 29.2 Å². The van der Waals surface area contributed by atoms with Crippen molar-refractivity contribution in [3.63, 3.8) is 0 Å². The van der Waals surface area contributed by atoms with E-state index in [0.717, 1.165) is 11.1 Å². The lowest BCUT2D eigenvalue weighted by atomic mass is 9.86. The molecule has 1 aliphatic heterocycles. The number of anilines is 1. The number of β-amino-alcohol motifs (C(OH)–C–C–N with tert-alkyl or cyclic N) is 1. The first-order valence-electron chi connectivity index (χ1n) is 10.6. The Labute approximate surface area is 192 Å². The van der Waals surface area contributed by atoms with E-state index < -0.39 is 31.5 Å². The Morgan fingerprint density at radius 1 is 1.00 bits per heavy atom. The highest BCUT2D eigenvalue weighted by molar-refractivity contribution is 5.76. The van der Waals surface area contributed by atoms with E-state index >= 15 is 0 Å². The van der Waals surface area contributed by atoms with Gasteiger partial charge in [0.05, 0.1) is 12.6 Å². The Hall–Kier alpha value is -3.33. The van der Waals surface area contributed by atoms with Crippen molar-refractivity contribution in [3.8, 4) is 22.6 Å². The van der Waals surface area contributed by atoms with Gasteiger partial charge < -0.3 is 19.8 Å². The number of aliphatic hydroxyl groups excluding tert-OH is 1. The number of hydrogen-bond acceptors (Lipinski definition) is 4. The number of aliphatic hydroxyl groups is 1. The van der Waals surface area contributed by atoms with Crippen molar-refractivity contribution in [3.05, 3.63) is 77.9 Å². The minimum Gasteiger partial charge on any atom is -0.508 e. The summed E-state index contributed by atoms with van der Waals surface area (Å²) < 4.78 is 69.8. The summed E-state index contributed by atoms with van der Waals surface area (Å²) in [5.41, 5.74) is 3.24. The number of hydrogen-bond donors (Lipinski definition) is 2. The van der Waals surface area contributed by atoms with Crippen molar-refractivity contribution in [1.82, 2.24) is 0 Å². The fourth-order valence-corrected chi connectivity index (χ4v) is 4.42. The fourth-order valence-electron chi connectivity index (χ4n) is 4.42. The SMILES string of the molecule is Oc1cccc(-c2cccc3c2CCC(c2cccc(OC(F)F)c2)N3CC(O)C(F)(F)F)c1. The van der Waals surface area contributed by atoms with Crippen LogP contribution in [0.3, 0.4) is 0 Å². The molecule has 0 bridgehead atoms. The molecule has 0 fully saturated rings. The maximum atomic E-state index is 13.3. The van der Waals surface area contributed by atoms with Gasteiger partial charge in [0.15, 0.2) is 6.10 Å². The van der Waals surface area contributed by atoms with Crippen LogP contribution < -0.4 is 9.64 Å². The highest BCUT2D eigenvalue weighted by atomic mass is 19.4. The standard InChI is InChI=1S/C25H22F5NO3/c26-24(27)34-18-7-2-5-16(13-18)21-11-10-20-19(15-4-1-6-17(32)12-15)8-3-9-22(20)31(21)14-23(33)25(28,29)30/h1-9,12-13,21,23-24,32-33H,10-11,14H2. The number of ether oxygens (including phenoxy) is 1. The number of halogens is 5. The zero-order valence-electron chi connectivity index (χ0n) is 17.8. The van der Waals surface area contributed by atoms with E-state index in [1.807, 2.05) is 6.07 Å². The van der Waals surface area contributed by atoms with Gasteiger partial charge in [0.2, 0.25) is 0 Å². The number of benzene rings is 3. The quantitative estimate of drug-likeness (QED) is 0.421. The normalized spacial score (nSPS) is 16.9. The van der Waals surface area contributed by atoms with Crippen LogP contribution in [-0.4, -0.2) is 35.6 Å². The van der Waals surface area contributed by atoms with Crippen LogP contribution in [0.4, 0.5) is 27.6 Å². The van der Waals surface area contributed by atoms with Crippen LogP contribution in [-0.2, 0) is 6.42 Å². The molecule has 0 saturated carbocycles. The number of fused-ring (bicyclic) bond motifs is 1. The number of aromatic hydroxyl groups is 1. The maximum absolute atomic E-state index is 13.3. The topological polar surface area (TPSA) is 52.9 Å². The van der Waals surface area contributed by atoms with Gasteiger partial charge in [0.1, 0.15) is 11.5 Å². The third-order valence-electron chi connectivity index (χ3n) is 5.88. The molecule has 1 heterocycles. The summed E-state index contributed by atoms with van der Waals surface area (Å²) >= 11 is 0. The highest BCUT2D eigenvalue weighted by Gasteiger charge is 2.41. The third-order valence-corrected chi connectivity index (χ3v) is 5.88. The van der Waals surface area contributed by atoms with Gasteiger partial charge in [-0.2, -0.15) is 22.0 Å². The van der Waals surface area contributed by atoms with Crippen LogP contribution in [0.5, 0.6) is 11.5 Å². The summed E-state index contributed by atoms with van der Waals surface area (Å²) in [5.74, 6) is -0.0351. The van der Waals surface area contributed by atoms with Crippen molar-refractivity contribution < 1.29 is 36.9 Å². The zero-order valence-corrected chi connectivity index (χ0v) is 17.8. The first kappa shape index (κ1) is 23.8. The van der Waals surface area contributed by atoms with E-state index in [1.54, 1.807) is 36.4 Å². The summed E-state index contributed by atoms with van der Waals surface area (Å²) in [6.07, 6.45) is -6.56. The molecule has 1 aliphatic rings. The second-order valence-corrected chi connectivity index (χ2v) is 8.07. The average molecular weight is 479 g/mol. The van der Waals surface area contributed by atoms with Crippen molar-refractivity contribution in [2.75, 3.05) is 11.4 Å². The Bertz CT molecular complexity index is 1150. The van der Waals surface area contributed by atoms with Crippen molar-refractivity contribution in [2.45, 2.75) is 37.8 Å². The molecule has 3 aromatic rings. The number of nitrogens with zero attached hydrogens (tertiary/aromatic N) is 1. The molecular weight excluding hydrogens is 457 g/mol. The molecule has 34 heavy (non-hydrogen) atoms. The van der Waals surface area contributed by atoms with Gasteiger partial charge in [-0.1, -0.05) is 36.4 Å². The maximum Gasteiger partial charge on any atom is 0.416 e. The van der Waals surface area contributed by atoms with Crippen LogP contribution >= 0.6 is 0 Å². The summed E-state index contributed by atoms with van der Waals surface area (Å²) in [6.45, 7) is -3.76. The minimum absolute atomic E-state index is 0.0592. The molecule has 2 N–H and O–H groups in total. The van der Waals surface area contributed by atoms with Gasteiger partial charge in [0, 0.05) is 5.69 Å². The first-order chi connectivity index (χ1) is 16.1. The predicted octanol–water partition coefficient (Wildman–Crippen LogP) is 6.08. The van der Waals surface area contributed by atoms with Crippen LogP contribution in [0.1, 0.15) is 23.6 Å². The largest absolute Gasteiger partial charge is 0.508 e. The van der Waals surface area contributed by atoms with Crippen molar-refractivity contribution >= 4 is 5.69 Å². The second kappa shape index (κ2) is 9.50. The summed E-state index contributed by atoms with van der Waals surface area (Å²) in [5, 5.41) is 19.8. The van der Waals surface area contributed by atoms with Crippen LogP contribution in [0.15, 0.2) is 66.7 Å². The van der Waals surface area contributed by atoms with Gasteiger partial charge in [-0.3, -0.25) is 0 Å². The molecule has 180 valence electrons. The molecule has 0 radical (unpaired) electrons. The summed E-state index contributed by atoms with van der Waals surface area (Å²) in [4.78, 5) is 1.46.